The SMILES string of the molecule is COc1ccc([C@@H](CNC(=O)c2c(F)cccc2Cl)N2CCN(C)CC2)cc1. The highest BCUT2D eigenvalue weighted by Crippen LogP contribution is 2.25. The maximum atomic E-state index is 14.1. The smallest absolute Gasteiger partial charge is 0.255 e. The van der Waals surface area contributed by atoms with Crippen molar-refractivity contribution in [2.45, 2.75) is 6.04 Å². The van der Waals surface area contributed by atoms with Gasteiger partial charge >= 0.3 is 0 Å². The first-order chi connectivity index (χ1) is 13.5. The van der Waals surface area contributed by atoms with Crippen LogP contribution in [0.15, 0.2) is 42.5 Å². The third-order valence-electron chi connectivity index (χ3n) is 5.13. The van der Waals surface area contributed by atoms with Gasteiger partial charge in [-0.3, -0.25) is 9.69 Å². The number of rotatable bonds is 6. The van der Waals surface area contributed by atoms with E-state index in [4.69, 9.17) is 16.3 Å². The number of methoxy groups -OCH3 is 1. The van der Waals surface area contributed by atoms with E-state index < -0.39 is 11.7 Å². The second kappa shape index (κ2) is 9.37. The molecule has 0 bridgehead atoms. The molecule has 1 fully saturated rings. The van der Waals surface area contributed by atoms with Crippen LogP contribution in [0, 0.1) is 5.82 Å². The number of hydrogen-bond donors (Lipinski definition) is 1. The summed E-state index contributed by atoms with van der Waals surface area (Å²) in [5.74, 6) is -0.343. The Balaban J connectivity index is 1.77. The summed E-state index contributed by atoms with van der Waals surface area (Å²) in [5.41, 5.74) is 0.960. The van der Waals surface area contributed by atoms with Crippen LogP contribution in [-0.2, 0) is 0 Å². The summed E-state index contributed by atoms with van der Waals surface area (Å²) in [6.07, 6.45) is 0. The first-order valence-electron chi connectivity index (χ1n) is 9.28. The van der Waals surface area contributed by atoms with Crippen LogP contribution in [-0.4, -0.2) is 62.6 Å². The predicted molar refractivity (Wildman–Crippen MR) is 109 cm³/mol. The maximum absolute atomic E-state index is 14.1. The Bertz CT molecular complexity index is 788. The van der Waals surface area contributed by atoms with Gasteiger partial charge in [0.2, 0.25) is 0 Å². The molecule has 0 saturated carbocycles. The molecule has 0 aromatic heterocycles. The summed E-state index contributed by atoms with van der Waals surface area (Å²) in [7, 11) is 3.73. The summed E-state index contributed by atoms with van der Waals surface area (Å²) >= 11 is 6.02. The van der Waals surface area contributed by atoms with Crippen molar-refractivity contribution >= 4 is 17.5 Å². The van der Waals surface area contributed by atoms with E-state index in [9.17, 15) is 9.18 Å². The zero-order valence-electron chi connectivity index (χ0n) is 16.1. The van der Waals surface area contributed by atoms with Crippen LogP contribution in [0.2, 0.25) is 5.02 Å². The molecule has 2 aromatic carbocycles. The molecule has 1 heterocycles. The van der Waals surface area contributed by atoms with Gasteiger partial charge in [-0.1, -0.05) is 29.8 Å². The molecule has 0 unspecified atom stereocenters. The Morgan fingerprint density at radius 3 is 2.46 bits per heavy atom. The molecule has 1 aliphatic rings. The zero-order chi connectivity index (χ0) is 20.1. The molecule has 28 heavy (non-hydrogen) atoms. The molecule has 1 amide bonds. The maximum Gasteiger partial charge on any atom is 0.255 e. The number of piperazine rings is 1. The molecule has 7 heteroatoms. The summed E-state index contributed by atoms with van der Waals surface area (Å²) in [5, 5.41) is 2.98. The lowest BCUT2D eigenvalue weighted by atomic mass is 10.0. The van der Waals surface area contributed by atoms with Crippen LogP contribution in [0.1, 0.15) is 22.0 Å². The lowest BCUT2D eigenvalue weighted by Gasteiger charge is -2.38. The first kappa shape index (κ1) is 20.6. The molecule has 1 atom stereocenters. The number of benzene rings is 2. The number of nitrogens with one attached hydrogen (secondary N) is 1. The quantitative estimate of drug-likeness (QED) is 0.801. The zero-order valence-corrected chi connectivity index (χ0v) is 16.9. The molecule has 1 saturated heterocycles. The molecule has 0 radical (unpaired) electrons. The van der Waals surface area contributed by atoms with E-state index >= 15 is 0 Å². The van der Waals surface area contributed by atoms with Crippen LogP contribution in [0.25, 0.3) is 0 Å². The van der Waals surface area contributed by atoms with Gasteiger partial charge in [0, 0.05) is 32.7 Å². The standard InChI is InChI=1S/C21H25ClFN3O2/c1-25-10-12-26(13-11-25)19(15-6-8-16(28-2)9-7-15)14-24-21(27)20-17(22)4-3-5-18(20)23/h3-9,19H,10-14H2,1-2H3,(H,24,27)/t19-/m1/s1. The molecule has 0 spiro atoms. The topological polar surface area (TPSA) is 44.8 Å². The molecular weight excluding hydrogens is 381 g/mol. The van der Waals surface area contributed by atoms with Gasteiger partial charge in [-0.05, 0) is 36.9 Å². The van der Waals surface area contributed by atoms with Crippen molar-refractivity contribution in [1.82, 2.24) is 15.1 Å². The minimum atomic E-state index is -0.620. The van der Waals surface area contributed by atoms with E-state index in [0.29, 0.717) is 6.54 Å². The third kappa shape index (κ3) is 4.82. The monoisotopic (exact) mass is 405 g/mol. The third-order valence-corrected chi connectivity index (χ3v) is 5.44. The van der Waals surface area contributed by atoms with Crippen molar-refractivity contribution in [1.29, 1.82) is 0 Å². The van der Waals surface area contributed by atoms with Gasteiger partial charge in [-0.15, -0.1) is 0 Å². The molecule has 1 N–H and O–H groups in total. The van der Waals surface area contributed by atoms with Crippen LogP contribution in [0.3, 0.4) is 0 Å². The van der Waals surface area contributed by atoms with Crippen LogP contribution >= 0.6 is 11.6 Å². The largest absolute Gasteiger partial charge is 0.497 e. The Hall–Kier alpha value is -2.15. The molecular formula is C21H25ClFN3O2. The number of amides is 1. The Morgan fingerprint density at radius 1 is 1.18 bits per heavy atom. The number of carbonyl (C=O) groups is 1. The lowest BCUT2D eigenvalue weighted by Crippen LogP contribution is -2.48. The normalized spacial score (nSPS) is 16.6. The molecule has 3 rings (SSSR count). The minimum absolute atomic E-state index is 0.0193. The van der Waals surface area contributed by atoms with Gasteiger partial charge in [-0.25, -0.2) is 4.39 Å². The van der Waals surface area contributed by atoms with E-state index in [2.05, 4.69) is 22.2 Å². The number of likely N-dealkylation sites (N-methyl/N-ethyl adjacent to an activating group) is 1. The van der Waals surface area contributed by atoms with Gasteiger partial charge in [0.25, 0.3) is 5.91 Å². The average Bonchev–Trinajstić information content (AvgIpc) is 2.70. The molecule has 150 valence electrons. The van der Waals surface area contributed by atoms with E-state index in [-0.39, 0.29) is 16.6 Å². The van der Waals surface area contributed by atoms with Crippen molar-refractivity contribution in [3.05, 3.63) is 64.4 Å². The number of halogens is 2. The highest BCUT2D eigenvalue weighted by atomic mass is 35.5. The summed E-state index contributed by atoms with van der Waals surface area (Å²) in [6, 6.07) is 12.0. The number of ether oxygens (including phenoxy) is 1. The van der Waals surface area contributed by atoms with Crippen molar-refractivity contribution in [2.75, 3.05) is 46.9 Å². The fourth-order valence-corrected chi connectivity index (χ4v) is 3.66. The van der Waals surface area contributed by atoms with Crippen LogP contribution in [0.4, 0.5) is 4.39 Å². The Kier molecular flexibility index (Phi) is 6.88. The first-order valence-corrected chi connectivity index (χ1v) is 9.66. The van der Waals surface area contributed by atoms with Crippen molar-refractivity contribution in [3.8, 4) is 5.75 Å². The van der Waals surface area contributed by atoms with Gasteiger partial charge < -0.3 is 15.0 Å². The predicted octanol–water partition coefficient (Wildman–Crippen LogP) is 3.21. The molecule has 2 aromatic rings. The van der Waals surface area contributed by atoms with E-state index in [0.717, 1.165) is 37.5 Å². The Labute approximate surface area is 170 Å². The molecule has 1 aliphatic heterocycles. The van der Waals surface area contributed by atoms with E-state index in [1.54, 1.807) is 7.11 Å². The number of hydrogen-bond acceptors (Lipinski definition) is 4. The van der Waals surface area contributed by atoms with Gasteiger partial charge in [-0.2, -0.15) is 0 Å². The highest BCUT2D eigenvalue weighted by molar-refractivity contribution is 6.33. The molecule has 0 aliphatic carbocycles. The summed E-state index contributed by atoms with van der Waals surface area (Å²) in [6.45, 7) is 4.06. The number of nitrogens with zero attached hydrogens (tertiary/aromatic N) is 2. The fourth-order valence-electron chi connectivity index (χ4n) is 3.41. The number of carbonyl (C=O) groups excluding carboxylic acids is 1. The van der Waals surface area contributed by atoms with Gasteiger partial charge in [0.15, 0.2) is 0 Å². The average molecular weight is 406 g/mol. The second-order valence-electron chi connectivity index (χ2n) is 6.93. The second-order valence-corrected chi connectivity index (χ2v) is 7.34. The van der Waals surface area contributed by atoms with Crippen molar-refractivity contribution < 1.29 is 13.9 Å². The lowest BCUT2D eigenvalue weighted by molar-refractivity contribution is 0.0883. The van der Waals surface area contributed by atoms with Crippen molar-refractivity contribution in [2.24, 2.45) is 0 Å². The van der Waals surface area contributed by atoms with Crippen molar-refractivity contribution in [3.63, 3.8) is 0 Å². The van der Waals surface area contributed by atoms with E-state index in [1.165, 1.54) is 18.2 Å². The van der Waals surface area contributed by atoms with Crippen LogP contribution in [0.5, 0.6) is 5.75 Å². The summed E-state index contributed by atoms with van der Waals surface area (Å²) in [4.78, 5) is 17.2. The summed E-state index contributed by atoms with van der Waals surface area (Å²) < 4.78 is 19.3. The Morgan fingerprint density at radius 2 is 1.86 bits per heavy atom. The van der Waals surface area contributed by atoms with Gasteiger partial charge in [0.1, 0.15) is 11.6 Å². The van der Waals surface area contributed by atoms with E-state index in [1.807, 2.05) is 24.3 Å². The highest BCUT2D eigenvalue weighted by Gasteiger charge is 2.25. The van der Waals surface area contributed by atoms with Gasteiger partial charge in [0.05, 0.1) is 23.7 Å². The fraction of sp³-hybridized carbons (Fsp3) is 0.381. The minimum Gasteiger partial charge on any atom is -0.497 e. The molecule has 5 nitrogen and oxygen atoms in total. The van der Waals surface area contributed by atoms with Crippen LogP contribution < -0.4 is 10.1 Å².